The molecule has 0 bridgehead atoms. The van der Waals surface area contributed by atoms with E-state index in [1.54, 1.807) is 0 Å². The van der Waals surface area contributed by atoms with Gasteiger partial charge in [0.1, 0.15) is 6.61 Å². The highest BCUT2D eigenvalue weighted by Gasteiger charge is 1.70. The van der Waals surface area contributed by atoms with Crippen molar-refractivity contribution < 1.29 is 5.11 Å². The van der Waals surface area contributed by atoms with Crippen LogP contribution < -0.4 is 0 Å². The van der Waals surface area contributed by atoms with E-state index >= 15 is 0 Å². The third kappa shape index (κ3) is 9.00. The van der Waals surface area contributed by atoms with Crippen molar-refractivity contribution in [1.29, 1.82) is 0 Å². The molecule has 0 rings (SSSR count). The third-order valence-electron chi connectivity index (χ3n) is 1.26. The molecule has 0 fully saturated rings. The molecule has 1 nitrogen and oxygen atoms in total. The predicted molar refractivity (Wildman–Crippen MR) is 52.7 cm³/mol. The van der Waals surface area contributed by atoms with E-state index in [0.717, 1.165) is 12.8 Å². The van der Waals surface area contributed by atoms with Crippen LogP contribution in [0.3, 0.4) is 0 Å². The molecule has 0 heterocycles. The summed E-state index contributed by atoms with van der Waals surface area (Å²) in [4.78, 5) is 0. The number of allylic oxidation sites excluding steroid dienone is 4. The molecule has 0 aliphatic rings. The molecule has 0 amide bonds. The highest BCUT2D eigenvalue weighted by Crippen LogP contribution is 1.89. The number of hydrogen-bond donors (Lipinski definition) is 1. The molecule has 1 heteroatoms. The van der Waals surface area contributed by atoms with Crippen LogP contribution in [0.5, 0.6) is 0 Å². The summed E-state index contributed by atoms with van der Waals surface area (Å²) in [6.45, 7) is 2.11. The Morgan fingerprint density at radius 2 is 1.92 bits per heavy atom. The molecule has 0 aromatic rings. The molecule has 0 unspecified atom stereocenters. The topological polar surface area (TPSA) is 20.2 Å². The van der Waals surface area contributed by atoms with Gasteiger partial charge >= 0.3 is 0 Å². The first-order valence-corrected chi connectivity index (χ1v) is 4.30. The van der Waals surface area contributed by atoms with Crippen LogP contribution in [-0.4, -0.2) is 11.7 Å². The predicted octanol–water partition coefficient (Wildman–Crippen LogP) is 2.28. The van der Waals surface area contributed by atoms with Gasteiger partial charge in [-0.15, -0.1) is 0 Å². The summed E-state index contributed by atoms with van der Waals surface area (Å²) in [6, 6.07) is 0. The van der Waals surface area contributed by atoms with E-state index in [1.807, 2.05) is 18.2 Å². The Kier molecular flexibility index (Phi) is 9.17. The van der Waals surface area contributed by atoms with Crippen LogP contribution in [0.1, 0.15) is 26.2 Å². The van der Waals surface area contributed by atoms with Gasteiger partial charge in [0.15, 0.2) is 0 Å². The zero-order valence-corrected chi connectivity index (χ0v) is 7.59. The van der Waals surface area contributed by atoms with E-state index in [9.17, 15) is 0 Å². The number of unbranched alkanes of at least 4 members (excludes halogenated alkanes) is 1. The maximum Gasteiger partial charge on any atom is 0.104 e. The number of aliphatic hydroxyl groups excluding tert-OH is 1. The fourth-order valence-electron chi connectivity index (χ4n) is 0.675. The molecule has 12 heavy (non-hydrogen) atoms. The van der Waals surface area contributed by atoms with Gasteiger partial charge in [-0.3, -0.25) is 0 Å². The molecule has 0 saturated carbocycles. The zero-order valence-electron chi connectivity index (χ0n) is 7.59. The lowest BCUT2D eigenvalue weighted by Gasteiger charge is -1.80. The van der Waals surface area contributed by atoms with Crippen molar-refractivity contribution in [3.05, 3.63) is 24.3 Å². The van der Waals surface area contributed by atoms with Gasteiger partial charge in [0.2, 0.25) is 0 Å². The highest BCUT2D eigenvalue weighted by molar-refractivity contribution is 5.09. The van der Waals surface area contributed by atoms with E-state index in [4.69, 9.17) is 5.11 Å². The van der Waals surface area contributed by atoms with Crippen LogP contribution in [0.4, 0.5) is 0 Å². The second-order valence-corrected chi connectivity index (χ2v) is 2.36. The normalized spacial score (nSPS) is 10.5. The van der Waals surface area contributed by atoms with Crippen LogP contribution in [0.25, 0.3) is 0 Å². The van der Waals surface area contributed by atoms with Crippen LogP contribution in [0.2, 0.25) is 0 Å². The number of rotatable bonds is 4. The summed E-state index contributed by atoms with van der Waals surface area (Å²) >= 11 is 0. The van der Waals surface area contributed by atoms with E-state index in [2.05, 4.69) is 24.8 Å². The summed E-state index contributed by atoms with van der Waals surface area (Å²) in [5.41, 5.74) is 0. The van der Waals surface area contributed by atoms with E-state index in [1.165, 1.54) is 6.42 Å². The average molecular weight is 164 g/mol. The zero-order chi connectivity index (χ0) is 9.07. The molecule has 0 aliphatic carbocycles. The van der Waals surface area contributed by atoms with E-state index in [-0.39, 0.29) is 6.61 Å². The van der Waals surface area contributed by atoms with E-state index < -0.39 is 0 Å². The lowest BCUT2D eigenvalue weighted by Crippen LogP contribution is -1.69. The van der Waals surface area contributed by atoms with Gasteiger partial charge in [-0.05, 0) is 6.42 Å². The standard InChI is InChI=1S/C11H16O/c1-2-3-4-5-6-7-8-9-10-11-12/h4-7,12H,2-3,8,11H2,1H3/b5-4+,7-6-. The van der Waals surface area contributed by atoms with Crippen molar-refractivity contribution in [2.24, 2.45) is 0 Å². The quantitative estimate of drug-likeness (QED) is 0.499. The Morgan fingerprint density at radius 3 is 2.58 bits per heavy atom. The second-order valence-electron chi connectivity index (χ2n) is 2.36. The first-order chi connectivity index (χ1) is 5.91. The number of aliphatic hydroxyl groups is 1. The Morgan fingerprint density at radius 1 is 1.17 bits per heavy atom. The first-order valence-electron chi connectivity index (χ1n) is 4.30. The fraction of sp³-hybridized carbons (Fsp3) is 0.455. The minimum Gasteiger partial charge on any atom is -0.384 e. The van der Waals surface area contributed by atoms with E-state index in [0.29, 0.717) is 0 Å². The lowest BCUT2D eigenvalue weighted by atomic mass is 10.3. The summed E-state index contributed by atoms with van der Waals surface area (Å²) in [6.07, 6.45) is 11.2. The van der Waals surface area contributed by atoms with Crippen molar-refractivity contribution in [3.63, 3.8) is 0 Å². The average Bonchev–Trinajstić information content (AvgIpc) is 2.10. The van der Waals surface area contributed by atoms with Gasteiger partial charge in [-0.25, -0.2) is 0 Å². The Balaban J connectivity index is 3.36. The van der Waals surface area contributed by atoms with Crippen LogP contribution in [-0.2, 0) is 0 Å². The second kappa shape index (κ2) is 10.0. The molecule has 0 aromatic carbocycles. The highest BCUT2D eigenvalue weighted by atomic mass is 16.2. The maximum atomic E-state index is 8.33. The van der Waals surface area contributed by atoms with Crippen molar-refractivity contribution >= 4 is 0 Å². The molecule has 0 aromatic heterocycles. The molecule has 0 radical (unpaired) electrons. The Bertz CT molecular complexity index is 191. The molecule has 0 spiro atoms. The van der Waals surface area contributed by atoms with Crippen molar-refractivity contribution in [2.75, 3.05) is 6.61 Å². The van der Waals surface area contributed by atoms with Crippen molar-refractivity contribution in [2.45, 2.75) is 26.2 Å². The lowest BCUT2D eigenvalue weighted by molar-refractivity contribution is 0.350. The number of hydrogen-bond acceptors (Lipinski definition) is 1. The minimum absolute atomic E-state index is 0.0421. The summed E-state index contributed by atoms with van der Waals surface area (Å²) in [5.74, 6) is 5.39. The molecular formula is C11H16O. The fourth-order valence-corrected chi connectivity index (χ4v) is 0.675. The van der Waals surface area contributed by atoms with Crippen LogP contribution in [0, 0.1) is 11.8 Å². The summed E-state index contributed by atoms with van der Waals surface area (Å²) < 4.78 is 0. The van der Waals surface area contributed by atoms with Gasteiger partial charge in [0, 0.05) is 6.42 Å². The van der Waals surface area contributed by atoms with Crippen LogP contribution >= 0.6 is 0 Å². The van der Waals surface area contributed by atoms with Gasteiger partial charge in [-0.2, -0.15) is 0 Å². The summed E-state index contributed by atoms with van der Waals surface area (Å²) in [5, 5.41) is 8.33. The smallest absolute Gasteiger partial charge is 0.104 e. The largest absolute Gasteiger partial charge is 0.384 e. The molecule has 1 N–H and O–H groups in total. The Hall–Kier alpha value is -1.00. The SMILES string of the molecule is CCC/C=C/C=C\CC#CCO. The molecule has 0 aliphatic heterocycles. The molecular weight excluding hydrogens is 148 g/mol. The maximum absolute atomic E-state index is 8.33. The molecule has 66 valence electrons. The molecule has 0 saturated heterocycles. The summed E-state index contributed by atoms with van der Waals surface area (Å²) in [7, 11) is 0. The Labute approximate surface area is 74.8 Å². The van der Waals surface area contributed by atoms with Crippen LogP contribution in [0.15, 0.2) is 24.3 Å². The van der Waals surface area contributed by atoms with Gasteiger partial charge in [0.05, 0.1) is 0 Å². The monoisotopic (exact) mass is 164 g/mol. The molecule has 0 atom stereocenters. The van der Waals surface area contributed by atoms with Gasteiger partial charge < -0.3 is 5.11 Å². The van der Waals surface area contributed by atoms with Gasteiger partial charge in [-0.1, -0.05) is 49.5 Å². The third-order valence-corrected chi connectivity index (χ3v) is 1.26. The van der Waals surface area contributed by atoms with Gasteiger partial charge in [0.25, 0.3) is 0 Å². The van der Waals surface area contributed by atoms with Crippen molar-refractivity contribution in [1.82, 2.24) is 0 Å². The minimum atomic E-state index is -0.0421. The first kappa shape index (κ1) is 11.0. The van der Waals surface area contributed by atoms with Crippen molar-refractivity contribution in [3.8, 4) is 11.8 Å².